The molecule has 0 aliphatic carbocycles. The third-order valence-corrected chi connectivity index (χ3v) is 4.16. The minimum absolute atomic E-state index is 0.283. The van der Waals surface area contributed by atoms with Crippen molar-refractivity contribution in [2.75, 3.05) is 6.61 Å². The van der Waals surface area contributed by atoms with Gasteiger partial charge >= 0.3 is 0 Å². The number of amides is 1. The number of nitrogens with zero attached hydrogens (tertiary/aromatic N) is 2. The molecule has 0 aliphatic heterocycles. The lowest BCUT2D eigenvalue weighted by Gasteiger charge is -2.03. The third-order valence-electron chi connectivity index (χ3n) is 3.60. The quantitative estimate of drug-likeness (QED) is 0.468. The predicted molar refractivity (Wildman–Crippen MR) is 107 cm³/mol. The van der Waals surface area contributed by atoms with Gasteiger partial charge in [-0.15, -0.1) is 0 Å². The molecule has 138 valence electrons. The van der Waals surface area contributed by atoms with E-state index in [1.165, 1.54) is 6.21 Å². The zero-order valence-electron chi connectivity index (χ0n) is 14.4. The normalized spacial score (nSPS) is 10.9. The van der Waals surface area contributed by atoms with Crippen LogP contribution in [0.3, 0.4) is 0 Å². The van der Waals surface area contributed by atoms with E-state index in [9.17, 15) is 4.79 Å². The van der Waals surface area contributed by atoms with Crippen LogP contribution in [0, 0.1) is 0 Å². The van der Waals surface area contributed by atoms with Crippen LogP contribution >= 0.6 is 23.2 Å². The number of aromatic nitrogens is 2. The highest BCUT2D eigenvalue weighted by Gasteiger charge is 2.11. The Morgan fingerprint density at radius 3 is 2.89 bits per heavy atom. The molecule has 1 heterocycles. The molecule has 0 radical (unpaired) electrons. The molecule has 1 aromatic heterocycles. The molecular weight excluding hydrogens is 387 g/mol. The lowest BCUT2D eigenvalue weighted by molar-refractivity contribution is 0.0950. The third kappa shape index (κ3) is 4.87. The van der Waals surface area contributed by atoms with E-state index in [4.69, 9.17) is 27.9 Å². The van der Waals surface area contributed by atoms with Gasteiger partial charge in [-0.05, 0) is 37.3 Å². The number of nitrogens with one attached hydrogen (secondary N) is 2. The molecule has 2 N–H and O–H groups in total. The van der Waals surface area contributed by atoms with Crippen molar-refractivity contribution in [1.82, 2.24) is 15.6 Å². The first-order valence-electron chi connectivity index (χ1n) is 8.14. The first kappa shape index (κ1) is 18.9. The Labute approximate surface area is 166 Å². The number of aromatic amines is 1. The molecule has 0 saturated carbocycles. The summed E-state index contributed by atoms with van der Waals surface area (Å²) in [5, 5.41) is 11.8. The van der Waals surface area contributed by atoms with Crippen LogP contribution in [0.25, 0.3) is 11.3 Å². The summed E-state index contributed by atoms with van der Waals surface area (Å²) < 4.78 is 5.48. The van der Waals surface area contributed by atoms with Crippen molar-refractivity contribution in [2.24, 2.45) is 5.10 Å². The van der Waals surface area contributed by atoms with Crippen LogP contribution in [-0.2, 0) is 0 Å². The summed E-state index contributed by atoms with van der Waals surface area (Å²) in [5.41, 5.74) is 4.82. The van der Waals surface area contributed by atoms with Gasteiger partial charge in [0.25, 0.3) is 5.91 Å². The Kier molecular flexibility index (Phi) is 6.11. The van der Waals surface area contributed by atoms with Gasteiger partial charge in [0.1, 0.15) is 11.4 Å². The first-order valence-corrected chi connectivity index (χ1v) is 8.89. The standard InChI is InChI=1S/C19H16Cl2N4O2/c1-2-27-15-5-3-4-12(8-15)17-10-18(24-23-17)19(26)25-22-11-13-6-7-14(20)9-16(13)21/h3-11H,2H2,1H3,(H,23,24)(H,25,26). The van der Waals surface area contributed by atoms with Gasteiger partial charge in [0, 0.05) is 16.1 Å². The highest BCUT2D eigenvalue weighted by atomic mass is 35.5. The molecule has 2 aromatic carbocycles. The molecule has 3 aromatic rings. The molecule has 0 atom stereocenters. The summed E-state index contributed by atoms with van der Waals surface area (Å²) in [6.07, 6.45) is 1.44. The fourth-order valence-corrected chi connectivity index (χ4v) is 2.78. The van der Waals surface area contributed by atoms with E-state index in [1.807, 2.05) is 31.2 Å². The van der Waals surface area contributed by atoms with E-state index in [1.54, 1.807) is 24.3 Å². The van der Waals surface area contributed by atoms with Crippen molar-refractivity contribution in [2.45, 2.75) is 6.92 Å². The minimum Gasteiger partial charge on any atom is -0.494 e. The van der Waals surface area contributed by atoms with Gasteiger partial charge in [-0.25, -0.2) is 5.43 Å². The average molecular weight is 403 g/mol. The Balaban J connectivity index is 1.68. The second-order valence-electron chi connectivity index (χ2n) is 5.49. The molecule has 0 spiro atoms. The van der Waals surface area contributed by atoms with E-state index >= 15 is 0 Å². The van der Waals surface area contributed by atoms with Crippen molar-refractivity contribution in [3.63, 3.8) is 0 Å². The van der Waals surface area contributed by atoms with Gasteiger partial charge in [0.05, 0.1) is 23.5 Å². The van der Waals surface area contributed by atoms with Gasteiger partial charge in [-0.1, -0.05) is 41.4 Å². The SMILES string of the molecule is CCOc1cccc(-c2cc(C(=O)NN=Cc3ccc(Cl)cc3Cl)[nH]n2)c1. The largest absolute Gasteiger partial charge is 0.494 e. The molecule has 6 nitrogen and oxygen atoms in total. The van der Waals surface area contributed by atoms with Crippen molar-refractivity contribution in [1.29, 1.82) is 0 Å². The van der Waals surface area contributed by atoms with Gasteiger partial charge in [0.15, 0.2) is 0 Å². The van der Waals surface area contributed by atoms with E-state index in [0.717, 1.165) is 11.3 Å². The number of carbonyl (C=O) groups excluding carboxylic acids is 1. The summed E-state index contributed by atoms with van der Waals surface area (Å²) in [7, 11) is 0. The molecule has 1 amide bonds. The van der Waals surface area contributed by atoms with Crippen molar-refractivity contribution in [3.05, 3.63) is 69.8 Å². The van der Waals surface area contributed by atoms with Crippen molar-refractivity contribution < 1.29 is 9.53 Å². The fourth-order valence-electron chi connectivity index (χ4n) is 2.32. The number of ether oxygens (including phenoxy) is 1. The van der Waals surface area contributed by atoms with Gasteiger partial charge in [-0.2, -0.15) is 10.2 Å². The molecule has 0 saturated heterocycles. The molecule has 0 unspecified atom stereocenters. The molecule has 8 heteroatoms. The van der Waals surface area contributed by atoms with Crippen LogP contribution in [0.2, 0.25) is 10.0 Å². The second kappa shape index (κ2) is 8.70. The number of hydrogen-bond donors (Lipinski definition) is 2. The van der Waals surface area contributed by atoms with E-state index < -0.39 is 5.91 Å². The predicted octanol–water partition coefficient (Wildman–Crippen LogP) is 4.55. The number of halogens is 2. The maximum Gasteiger partial charge on any atom is 0.289 e. The molecule has 0 aliphatic rings. The maximum atomic E-state index is 12.2. The lowest BCUT2D eigenvalue weighted by atomic mass is 10.1. The summed E-state index contributed by atoms with van der Waals surface area (Å²) in [6, 6.07) is 14.1. The van der Waals surface area contributed by atoms with Gasteiger partial charge < -0.3 is 4.74 Å². The fraction of sp³-hybridized carbons (Fsp3) is 0.105. The van der Waals surface area contributed by atoms with E-state index in [2.05, 4.69) is 20.7 Å². The Morgan fingerprint density at radius 1 is 1.26 bits per heavy atom. The van der Waals surface area contributed by atoms with E-state index in [-0.39, 0.29) is 5.69 Å². The van der Waals surface area contributed by atoms with Crippen LogP contribution in [0.4, 0.5) is 0 Å². The number of hydrazone groups is 1. The summed E-state index contributed by atoms with van der Waals surface area (Å²) in [6.45, 7) is 2.49. The Morgan fingerprint density at radius 2 is 2.11 bits per heavy atom. The zero-order chi connectivity index (χ0) is 19.2. The number of hydrogen-bond acceptors (Lipinski definition) is 4. The van der Waals surface area contributed by atoms with Crippen LogP contribution in [-0.4, -0.2) is 28.9 Å². The summed E-state index contributed by atoms with van der Waals surface area (Å²) >= 11 is 11.9. The van der Waals surface area contributed by atoms with E-state index in [0.29, 0.717) is 27.9 Å². The molecule has 27 heavy (non-hydrogen) atoms. The number of rotatable bonds is 6. The van der Waals surface area contributed by atoms with Crippen molar-refractivity contribution >= 4 is 35.3 Å². The molecule has 0 fully saturated rings. The van der Waals surface area contributed by atoms with Crippen LogP contribution < -0.4 is 10.2 Å². The van der Waals surface area contributed by atoms with Crippen LogP contribution in [0.5, 0.6) is 5.75 Å². The number of H-pyrrole nitrogens is 1. The Hall–Kier alpha value is -2.83. The average Bonchev–Trinajstić information content (AvgIpc) is 3.14. The maximum absolute atomic E-state index is 12.2. The highest BCUT2D eigenvalue weighted by Crippen LogP contribution is 2.23. The number of benzene rings is 2. The topological polar surface area (TPSA) is 79.4 Å². The molecule has 3 rings (SSSR count). The smallest absolute Gasteiger partial charge is 0.289 e. The Bertz CT molecular complexity index is 985. The number of carbonyl (C=O) groups is 1. The minimum atomic E-state index is -0.420. The molecular formula is C19H16Cl2N4O2. The van der Waals surface area contributed by atoms with Crippen LogP contribution in [0.15, 0.2) is 53.6 Å². The first-order chi connectivity index (χ1) is 13.1. The monoisotopic (exact) mass is 402 g/mol. The molecule has 0 bridgehead atoms. The van der Waals surface area contributed by atoms with Gasteiger partial charge in [0.2, 0.25) is 0 Å². The zero-order valence-corrected chi connectivity index (χ0v) is 15.9. The highest BCUT2D eigenvalue weighted by molar-refractivity contribution is 6.36. The lowest BCUT2D eigenvalue weighted by Crippen LogP contribution is -2.18. The van der Waals surface area contributed by atoms with Crippen molar-refractivity contribution in [3.8, 4) is 17.0 Å². The van der Waals surface area contributed by atoms with Crippen LogP contribution in [0.1, 0.15) is 23.0 Å². The van der Waals surface area contributed by atoms with Gasteiger partial charge in [-0.3, -0.25) is 9.89 Å². The summed E-state index contributed by atoms with van der Waals surface area (Å²) in [4.78, 5) is 12.2. The summed E-state index contributed by atoms with van der Waals surface area (Å²) in [5.74, 6) is 0.324. The second-order valence-corrected chi connectivity index (χ2v) is 6.34.